The van der Waals surface area contributed by atoms with Crippen LogP contribution in [0.2, 0.25) is 0 Å². The molecule has 7 nitrogen and oxygen atoms in total. The maximum absolute atomic E-state index is 12.1. The van der Waals surface area contributed by atoms with E-state index in [-0.39, 0.29) is 11.9 Å². The van der Waals surface area contributed by atoms with Gasteiger partial charge >= 0.3 is 6.03 Å². The molecular weight excluding hydrogens is 338 g/mol. The van der Waals surface area contributed by atoms with Crippen LogP contribution in [0.3, 0.4) is 0 Å². The fourth-order valence-corrected chi connectivity index (χ4v) is 2.86. The van der Waals surface area contributed by atoms with Gasteiger partial charge in [0.05, 0.1) is 18.4 Å². The van der Waals surface area contributed by atoms with Gasteiger partial charge in [-0.05, 0) is 36.9 Å². The second-order valence-electron chi connectivity index (χ2n) is 5.83. The van der Waals surface area contributed by atoms with Crippen molar-refractivity contribution in [3.8, 4) is 0 Å². The predicted octanol–water partition coefficient (Wildman–Crippen LogP) is 2.47. The maximum Gasteiger partial charge on any atom is 0.319 e. The highest BCUT2D eigenvalue weighted by molar-refractivity contribution is 7.98. The van der Waals surface area contributed by atoms with Gasteiger partial charge in [-0.1, -0.05) is 11.8 Å². The Bertz CT molecular complexity index is 785. The number of carbonyl (C=O) groups is 2. The average molecular weight is 361 g/mol. The molecule has 0 fully saturated rings. The molecule has 0 saturated carbocycles. The van der Waals surface area contributed by atoms with Gasteiger partial charge in [-0.3, -0.25) is 4.79 Å². The van der Waals surface area contributed by atoms with Crippen molar-refractivity contribution in [2.75, 3.05) is 25.7 Å². The van der Waals surface area contributed by atoms with Crippen LogP contribution in [0.1, 0.15) is 21.6 Å². The number of carbonyl (C=O) groups excluding carboxylic acids is 2. The van der Waals surface area contributed by atoms with Crippen LogP contribution in [-0.4, -0.2) is 46.7 Å². The summed E-state index contributed by atoms with van der Waals surface area (Å²) in [4.78, 5) is 29.9. The Morgan fingerprint density at radius 3 is 2.60 bits per heavy atom. The van der Waals surface area contributed by atoms with Crippen LogP contribution in [0, 0.1) is 6.92 Å². The minimum absolute atomic E-state index is 0.0695. The van der Waals surface area contributed by atoms with Crippen molar-refractivity contribution >= 4 is 29.4 Å². The van der Waals surface area contributed by atoms with E-state index in [0.717, 1.165) is 16.4 Å². The second-order valence-corrected chi connectivity index (χ2v) is 6.61. The van der Waals surface area contributed by atoms with Crippen LogP contribution in [0.25, 0.3) is 0 Å². The van der Waals surface area contributed by atoms with E-state index < -0.39 is 0 Å². The topological polar surface area (TPSA) is 79.3 Å². The molecule has 0 atom stereocenters. The molecule has 0 bridgehead atoms. The first kappa shape index (κ1) is 18.9. The molecule has 0 aliphatic carbocycles. The SMILES string of the molecule is CSc1ncc(CNC(=O)Nc2ccc(C(=O)N(C)C)cc2C)n1C. The Labute approximate surface area is 151 Å². The maximum atomic E-state index is 12.1. The third-order valence-electron chi connectivity index (χ3n) is 3.78. The lowest BCUT2D eigenvalue weighted by Crippen LogP contribution is -2.29. The molecule has 0 spiro atoms. The molecule has 1 aromatic heterocycles. The lowest BCUT2D eigenvalue weighted by atomic mass is 10.1. The van der Waals surface area contributed by atoms with E-state index in [4.69, 9.17) is 0 Å². The van der Waals surface area contributed by atoms with E-state index in [1.54, 1.807) is 50.3 Å². The number of anilines is 1. The van der Waals surface area contributed by atoms with Gasteiger partial charge in [0.2, 0.25) is 0 Å². The number of hydrogen-bond acceptors (Lipinski definition) is 4. The summed E-state index contributed by atoms with van der Waals surface area (Å²) in [7, 11) is 5.33. The number of benzene rings is 1. The highest BCUT2D eigenvalue weighted by Crippen LogP contribution is 2.17. The highest BCUT2D eigenvalue weighted by atomic mass is 32.2. The molecular formula is C17H23N5O2S. The molecule has 2 rings (SSSR count). The quantitative estimate of drug-likeness (QED) is 0.802. The van der Waals surface area contributed by atoms with Crippen LogP contribution in [0.4, 0.5) is 10.5 Å². The summed E-state index contributed by atoms with van der Waals surface area (Å²) < 4.78 is 1.94. The summed E-state index contributed by atoms with van der Waals surface area (Å²) in [6.45, 7) is 2.24. The first-order chi connectivity index (χ1) is 11.8. The van der Waals surface area contributed by atoms with Crippen LogP contribution < -0.4 is 10.6 Å². The van der Waals surface area contributed by atoms with E-state index in [0.29, 0.717) is 17.8 Å². The number of imidazole rings is 1. The number of amides is 3. The third-order valence-corrected chi connectivity index (χ3v) is 4.53. The molecule has 2 N–H and O–H groups in total. The minimum atomic E-state index is -0.304. The summed E-state index contributed by atoms with van der Waals surface area (Å²) in [5.74, 6) is -0.0695. The second kappa shape index (κ2) is 8.06. The Kier molecular flexibility index (Phi) is 6.08. The Balaban J connectivity index is 1.98. The molecule has 25 heavy (non-hydrogen) atoms. The smallest absolute Gasteiger partial charge is 0.319 e. The Morgan fingerprint density at radius 1 is 1.32 bits per heavy atom. The van der Waals surface area contributed by atoms with Crippen LogP contribution in [0.15, 0.2) is 29.6 Å². The van der Waals surface area contributed by atoms with Crippen molar-refractivity contribution in [1.29, 1.82) is 0 Å². The summed E-state index contributed by atoms with van der Waals surface area (Å²) in [6.07, 6.45) is 3.71. The van der Waals surface area contributed by atoms with Gasteiger partial charge in [0, 0.05) is 32.4 Å². The number of nitrogens with one attached hydrogen (secondary N) is 2. The zero-order chi connectivity index (χ0) is 18.6. The van der Waals surface area contributed by atoms with Crippen molar-refractivity contribution in [2.24, 2.45) is 7.05 Å². The van der Waals surface area contributed by atoms with E-state index in [1.165, 1.54) is 4.90 Å². The molecule has 0 saturated heterocycles. The number of urea groups is 1. The number of nitrogens with zero attached hydrogens (tertiary/aromatic N) is 3. The summed E-state index contributed by atoms with van der Waals surface area (Å²) in [6, 6.07) is 4.91. The van der Waals surface area contributed by atoms with Gasteiger partial charge in [-0.15, -0.1) is 0 Å². The molecule has 134 valence electrons. The average Bonchev–Trinajstić information content (AvgIpc) is 2.94. The Hall–Kier alpha value is -2.48. The highest BCUT2D eigenvalue weighted by Gasteiger charge is 2.11. The van der Waals surface area contributed by atoms with E-state index in [2.05, 4.69) is 15.6 Å². The zero-order valence-corrected chi connectivity index (χ0v) is 15.9. The molecule has 0 radical (unpaired) electrons. The van der Waals surface area contributed by atoms with Crippen molar-refractivity contribution in [3.05, 3.63) is 41.2 Å². The van der Waals surface area contributed by atoms with Gasteiger partial charge in [0.15, 0.2) is 5.16 Å². The lowest BCUT2D eigenvalue weighted by molar-refractivity contribution is 0.0827. The molecule has 2 aromatic rings. The van der Waals surface area contributed by atoms with Gasteiger partial charge in [-0.2, -0.15) is 0 Å². The van der Waals surface area contributed by atoms with E-state index in [9.17, 15) is 9.59 Å². The predicted molar refractivity (Wildman–Crippen MR) is 100 cm³/mol. The first-order valence-electron chi connectivity index (χ1n) is 7.75. The summed E-state index contributed by atoms with van der Waals surface area (Å²) >= 11 is 1.55. The van der Waals surface area contributed by atoms with Crippen molar-refractivity contribution < 1.29 is 9.59 Å². The summed E-state index contributed by atoms with van der Waals surface area (Å²) in [5.41, 5.74) is 3.01. The van der Waals surface area contributed by atoms with Gasteiger partial charge in [0.25, 0.3) is 5.91 Å². The number of aryl methyl sites for hydroxylation is 1. The van der Waals surface area contributed by atoms with Gasteiger partial charge in [0.1, 0.15) is 0 Å². The molecule has 0 unspecified atom stereocenters. The number of thioether (sulfide) groups is 1. The zero-order valence-electron chi connectivity index (χ0n) is 15.1. The van der Waals surface area contributed by atoms with Crippen molar-refractivity contribution in [3.63, 3.8) is 0 Å². The minimum Gasteiger partial charge on any atom is -0.345 e. The number of rotatable bonds is 5. The molecule has 1 heterocycles. The van der Waals surface area contributed by atoms with E-state index in [1.807, 2.05) is 24.8 Å². The first-order valence-corrected chi connectivity index (χ1v) is 8.97. The van der Waals surface area contributed by atoms with E-state index >= 15 is 0 Å². The fraction of sp³-hybridized carbons (Fsp3) is 0.353. The normalized spacial score (nSPS) is 10.4. The molecule has 0 aliphatic heterocycles. The van der Waals surface area contributed by atoms with Gasteiger partial charge in [-0.25, -0.2) is 9.78 Å². The summed E-state index contributed by atoms with van der Waals surface area (Å²) in [5, 5.41) is 6.52. The molecule has 3 amide bonds. The standard InChI is InChI=1S/C17H23N5O2S/c1-11-8-12(15(23)21(2)3)6-7-14(11)20-16(24)18-9-13-10-19-17(25-5)22(13)4/h6-8,10H,9H2,1-5H3,(H2,18,20,24). The fourth-order valence-electron chi connectivity index (χ4n) is 2.31. The van der Waals surface area contributed by atoms with Gasteiger partial charge < -0.3 is 20.1 Å². The third kappa shape index (κ3) is 4.54. The Morgan fingerprint density at radius 2 is 2.04 bits per heavy atom. The van der Waals surface area contributed by atoms with Crippen LogP contribution in [-0.2, 0) is 13.6 Å². The van der Waals surface area contributed by atoms with Crippen molar-refractivity contribution in [2.45, 2.75) is 18.6 Å². The number of aromatic nitrogens is 2. The van der Waals surface area contributed by atoms with Crippen molar-refractivity contribution in [1.82, 2.24) is 19.8 Å². The van der Waals surface area contributed by atoms with Crippen LogP contribution in [0.5, 0.6) is 0 Å². The monoisotopic (exact) mass is 361 g/mol. The lowest BCUT2D eigenvalue weighted by Gasteiger charge is -2.14. The molecule has 1 aromatic carbocycles. The largest absolute Gasteiger partial charge is 0.345 e. The van der Waals surface area contributed by atoms with Crippen LogP contribution >= 0.6 is 11.8 Å². The molecule has 0 aliphatic rings. The number of hydrogen-bond donors (Lipinski definition) is 2. The molecule has 8 heteroatoms.